The second kappa shape index (κ2) is 3.38. The molecule has 0 spiro atoms. The number of aryl methyl sites for hydroxylation is 2. The number of rotatable bonds is 1. The van der Waals surface area contributed by atoms with Gasteiger partial charge in [0.1, 0.15) is 0 Å². The first-order valence-electron chi connectivity index (χ1n) is 4.20. The van der Waals surface area contributed by atoms with Gasteiger partial charge in [-0.25, -0.2) is 0 Å². The highest BCUT2D eigenvalue weighted by Crippen LogP contribution is 2.19. The Morgan fingerprint density at radius 2 is 1.86 bits per heavy atom. The van der Waals surface area contributed by atoms with Crippen molar-refractivity contribution < 1.29 is 0 Å². The van der Waals surface area contributed by atoms with E-state index in [-0.39, 0.29) is 5.28 Å². The van der Waals surface area contributed by atoms with E-state index in [0.717, 1.165) is 16.8 Å². The lowest BCUT2D eigenvalue weighted by Crippen LogP contribution is -2.02. The molecule has 4 nitrogen and oxygen atoms in total. The number of para-hydroxylation sites is 1. The summed E-state index contributed by atoms with van der Waals surface area (Å²) in [4.78, 5) is 0. The molecule has 0 radical (unpaired) electrons. The first kappa shape index (κ1) is 9.15. The van der Waals surface area contributed by atoms with E-state index < -0.39 is 0 Å². The molecule has 0 aliphatic rings. The maximum atomic E-state index is 5.85. The summed E-state index contributed by atoms with van der Waals surface area (Å²) in [6, 6.07) is 5.99. The fraction of sp³-hybridized carbons (Fsp3) is 0.222. The Morgan fingerprint density at radius 1 is 1.21 bits per heavy atom. The van der Waals surface area contributed by atoms with Crippen molar-refractivity contribution >= 4 is 11.6 Å². The van der Waals surface area contributed by atoms with E-state index in [4.69, 9.17) is 11.6 Å². The first-order valence-corrected chi connectivity index (χ1v) is 4.58. The summed E-state index contributed by atoms with van der Waals surface area (Å²) in [5.41, 5.74) is 3.14. The maximum Gasteiger partial charge on any atom is 0.247 e. The molecule has 2 aromatic rings. The molecular formula is C9H9ClN4. The van der Waals surface area contributed by atoms with Gasteiger partial charge >= 0.3 is 0 Å². The molecule has 0 aliphatic heterocycles. The van der Waals surface area contributed by atoms with Crippen molar-refractivity contribution in [2.75, 3.05) is 0 Å². The minimum absolute atomic E-state index is 0.280. The average molecular weight is 209 g/mol. The largest absolute Gasteiger partial charge is 0.247 e. The van der Waals surface area contributed by atoms with E-state index in [1.165, 1.54) is 4.68 Å². The molecule has 72 valence electrons. The van der Waals surface area contributed by atoms with Crippen LogP contribution in [0.2, 0.25) is 5.28 Å². The normalized spacial score (nSPS) is 10.5. The van der Waals surface area contributed by atoms with E-state index in [2.05, 4.69) is 15.5 Å². The molecule has 0 atom stereocenters. The van der Waals surface area contributed by atoms with Crippen LogP contribution in [-0.2, 0) is 0 Å². The number of hydrogen-bond donors (Lipinski definition) is 0. The lowest BCUT2D eigenvalue weighted by molar-refractivity contribution is 0.781. The van der Waals surface area contributed by atoms with Gasteiger partial charge in [-0.15, -0.1) is 0 Å². The third-order valence-electron chi connectivity index (χ3n) is 2.08. The lowest BCUT2D eigenvalue weighted by atomic mass is 10.1. The number of halogens is 1. The Balaban J connectivity index is 2.68. The molecule has 0 aliphatic carbocycles. The number of nitrogens with zero attached hydrogens (tertiary/aromatic N) is 4. The van der Waals surface area contributed by atoms with Crippen LogP contribution in [0.3, 0.4) is 0 Å². The molecule has 0 unspecified atom stereocenters. The SMILES string of the molecule is Cc1cccc(C)c1-n1nnnc1Cl. The zero-order chi connectivity index (χ0) is 10.1. The molecule has 0 saturated heterocycles. The molecular weight excluding hydrogens is 200 g/mol. The third-order valence-corrected chi connectivity index (χ3v) is 2.32. The summed E-state index contributed by atoms with van der Waals surface area (Å²) >= 11 is 5.85. The molecule has 1 heterocycles. The highest BCUT2D eigenvalue weighted by molar-refractivity contribution is 6.28. The smallest absolute Gasteiger partial charge is 0.183 e. The number of benzene rings is 1. The average Bonchev–Trinajstić information content (AvgIpc) is 2.52. The van der Waals surface area contributed by atoms with Crippen LogP contribution in [-0.4, -0.2) is 20.2 Å². The number of hydrogen-bond acceptors (Lipinski definition) is 3. The van der Waals surface area contributed by atoms with Crippen molar-refractivity contribution in [3.8, 4) is 5.69 Å². The predicted octanol–water partition coefficient (Wildman–Crippen LogP) is 1.93. The van der Waals surface area contributed by atoms with Gasteiger partial charge in [-0.2, -0.15) is 4.68 Å². The molecule has 5 heteroatoms. The van der Waals surface area contributed by atoms with Crippen molar-refractivity contribution in [2.45, 2.75) is 13.8 Å². The van der Waals surface area contributed by atoms with Crippen molar-refractivity contribution in [1.29, 1.82) is 0 Å². The fourth-order valence-corrected chi connectivity index (χ4v) is 1.61. The lowest BCUT2D eigenvalue weighted by Gasteiger charge is -2.07. The Morgan fingerprint density at radius 3 is 2.36 bits per heavy atom. The van der Waals surface area contributed by atoms with E-state index in [9.17, 15) is 0 Å². The van der Waals surface area contributed by atoms with Gasteiger partial charge in [-0.3, -0.25) is 0 Å². The van der Waals surface area contributed by atoms with Crippen molar-refractivity contribution in [3.63, 3.8) is 0 Å². The molecule has 0 fully saturated rings. The van der Waals surface area contributed by atoms with Gasteiger partial charge < -0.3 is 0 Å². The van der Waals surface area contributed by atoms with Gasteiger partial charge in [0.2, 0.25) is 5.28 Å². The highest BCUT2D eigenvalue weighted by atomic mass is 35.5. The van der Waals surface area contributed by atoms with Crippen molar-refractivity contribution in [1.82, 2.24) is 20.2 Å². The molecule has 0 amide bonds. The fourth-order valence-electron chi connectivity index (χ4n) is 1.45. The molecule has 0 bridgehead atoms. The summed E-state index contributed by atoms with van der Waals surface area (Å²) in [5, 5.41) is 11.3. The number of tetrazole rings is 1. The zero-order valence-corrected chi connectivity index (χ0v) is 8.65. The molecule has 1 aromatic carbocycles. The second-order valence-electron chi connectivity index (χ2n) is 3.10. The van der Waals surface area contributed by atoms with Crippen LogP contribution in [0.5, 0.6) is 0 Å². The van der Waals surface area contributed by atoms with Gasteiger partial charge in [-0.1, -0.05) is 23.3 Å². The number of aromatic nitrogens is 4. The molecule has 0 saturated carbocycles. The van der Waals surface area contributed by atoms with E-state index in [0.29, 0.717) is 0 Å². The Kier molecular flexibility index (Phi) is 2.21. The molecule has 1 aromatic heterocycles. The van der Waals surface area contributed by atoms with Crippen LogP contribution >= 0.6 is 11.6 Å². The minimum atomic E-state index is 0.280. The Bertz CT molecular complexity index is 443. The van der Waals surface area contributed by atoms with Gasteiger partial charge in [0, 0.05) is 0 Å². The van der Waals surface area contributed by atoms with Crippen LogP contribution in [0.15, 0.2) is 18.2 Å². The zero-order valence-electron chi connectivity index (χ0n) is 7.90. The maximum absolute atomic E-state index is 5.85. The van der Waals surface area contributed by atoms with Gasteiger partial charge in [0.05, 0.1) is 5.69 Å². The summed E-state index contributed by atoms with van der Waals surface area (Å²) < 4.78 is 1.53. The summed E-state index contributed by atoms with van der Waals surface area (Å²) in [6.45, 7) is 4.00. The molecule has 14 heavy (non-hydrogen) atoms. The summed E-state index contributed by atoms with van der Waals surface area (Å²) in [7, 11) is 0. The van der Waals surface area contributed by atoms with E-state index in [1.54, 1.807) is 0 Å². The van der Waals surface area contributed by atoms with Crippen molar-refractivity contribution in [3.05, 3.63) is 34.6 Å². The summed E-state index contributed by atoms with van der Waals surface area (Å²) in [5.74, 6) is 0. The quantitative estimate of drug-likeness (QED) is 0.719. The van der Waals surface area contributed by atoms with Gasteiger partial charge in [-0.05, 0) is 47.0 Å². The molecule has 2 rings (SSSR count). The first-order chi connectivity index (χ1) is 6.70. The summed E-state index contributed by atoms with van der Waals surface area (Å²) in [6.07, 6.45) is 0. The van der Waals surface area contributed by atoms with Crippen LogP contribution in [0.25, 0.3) is 5.69 Å². The van der Waals surface area contributed by atoms with E-state index >= 15 is 0 Å². The van der Waals surface area contributed by atoms with Gasteiger partial charge in [0.15, 0.2) is 0 Å². The van der Waals surface area contributed by atoms with Crippen LogP contribution in [0.4, 0.5) is 0 Å². The Hall–Kier alpha value is -1.42. The Labute approximate surface area is 86.5 Å². The standard InChI is InChI=1S/C9H9ClN4/c1-6-4-3-5-7(2)8(6)14-9(10)11-12-13-14/h3-5H,1-2H3. The van der Waals surface area contributed by atoms with Crippen molar-refractivity contribution in [2.24, 2.45) is 0 Å². The molecule has 0 N–H and O–H groups in total. The van der Waals surface area contributed by atoms with E-state index in [1.807, 2.05) is 32.0 Å². The predicted molar refractivity (Wildman–Crippen MR) is 53.6 cm³/mol. The topological polar surface area (TPSA) is 43.6 Å². The van der Waals surface area contributed by atoms with Crippen LogP contribution < -0.4 is 0 Å². The second-order valence-corrected chi connectivity index (χ2v) is 3.44. The van der Waals surface area contributed by atoms with Crippen LogP contribution in [0.1, 0.15) is 11.1 Å². The van der Waals surface area contributed by atoms with Gasteiger partial charge in [0.25, 0.3) is 0 Å². The third kappa shape index (κ3) is 1.37. The monoisotopic (exact) mass is 208 g/mol. The van der Waals surface area contributed by atoms with Crippen LogP contribution in [0, 0.1) is 13.8 Å². The highest BCUT2D eigenvalue weighted by Gasteiger charge is 2.09. The minimum Gasteiger partial charge on any atom is -0.183 e.